The van der Waals surface area contributed by atoms with E-state index in [1.165, 1.54) is 0 Å². The normalized spacial score (nSPS) is 19.1. The SMILES string of the molecule is CP(=O)(O)OP=O. The van der Waals surface area contributed by atoms with Gasteiger partial charge >= 0.3 is 16.3 Å². The highest BCUT2D eigenvalue weighted by atomic mass is 31.2. The van der Waals surface area contributed by atoms with Crippen LogP contribution in [-0.2, 0) is 13.4 Å². The Kier molecular flexibility index (Phi) is 2.62. The van der Waals surface area contributed by atoms with Crippen molar-refractivity contribution < 1.29 is 18.3 Å². The third-order valence-electron chi connectivity index (χ3n) is 0.185. The molecule has 0 rings (SSSR count). The second-order valence-electron chi connectivity index (χ2n) is 0.959. The van der Waals surface area contributed by atoms with Gasteiger partial charge < -0.3 is 4.89 Å². The van der Waals surface area contributed by atoms with Crippen molar-refractivity contribution in [3.05, 3.63) is 0 Å². The molecule has 1 atom stereocenters. The predicted molar refractivity (Wildman–Crippen MR) is 24.4 cm³/mol. The Morgan fingerprint density at radius 3 is 2.29 bits per heavy atom. The molecular formula is CH4O4P2. The van der Waals surface area contributed by atoms with Gasteiger partial charge in [0, 0.05) is 6.66 Å². The Hall–Kier alpha value is 0.250. The summed E-state index contributed by atoms with van der Waals surface area (Å²) >= 11 is 0. The van der Waals surface area contributed by atoms with Crippen molar-refractivity contribution in [3.8, 4) is 0 Å². The van der Waals surface area contributed by atoms with Gasteiger partial charge in [-0.3, -0.25) is 4.57 Å². The lowest BCUT2D eigenvalue weighted by molar-refractivity contribution is 0.396. The second-order valence-corrected chi connectivity index (χ2v) is 3.37. The van der Waals surface area contributed by atoms with Gasteiger partial charge in [-0.2, -0.15) is 0 Å². The number of rotatable bonds is 2. The average Bonchev–Trinajstić information content (AvgIpc) is 1.30. The smallest absolute Gasteiger partial charge is 0.324 e. The third-order valence-corrected chi connectivity index (χ3v) is 1.66. The van der Waals surface area contributed by atoms with Gasteiger partial charge in [-0.1, -0.05) is 0 Å². The third kappa shape index (κ3) is 6.25. The van der Waals surface area contributed by atoms with Gasteiger partial charge in [-0.25, -0.2) is 8.88 Å². The molecule has 6 heteroatoms. The Labute approximate surface area is 42.3 Å². The predicted octanol–water partition coefficient (Wildman–Crippen LogP) is 1.02. The van der Waals surface area contributed by atoms with E-state index in [4.69, 9.17) is 4.89 Å². The van der Waals surface area contributed by atoms with Crippen LogP contribution in [0.1, 0.15) is 0 Å². The summed E-state index contributed by atoms with van der Waals surface area (Å²) in [6.45, 7) is 0.956. The molecule has 0 saturated heterocycles. The quantitative estimate of drug-likeness (QED) is 0.584. The maximum absolute atomic E-state index is 9.94. The summed E-state index contributed by atoms with van der Waals surface area (Å²) in [5.74, 6) is 0. The van der Waals surface area contributed by atoms with Crippen molar-refractivity contribution in [1.29, 1.82) is 0 Å². The van der Waals surface area contributed by atoms with E-state index in [0.717, 1.165) is 6.66 Å². The van der Waals surface area contributed by atoms with E-state index in [-0.39, 0.29) is 0 Å². The molecule has 0 bridgehead atoms. The Balaban J connectivity index is 3.57. The van der Waals surface area contributed by atoms with Crippen molar-refractivity contribution in [3.63, 3.8) is 0 Å². The van der Waals surface area contributed by atoms with Gasteiger partial charge in [0.2, 0.25) is 0 Å². The molecule has 0 aromatic heterocycles. The van der Waals surface area contributed by atoms with Gasteiger partial charge in [0.05, 0.1) is 0 Å². The molecule has 1 N–H and O–H groups in total. The standard InChI is InChI=1S/CH4O4P2/c1-7(3,4)5-6-2/h1H3,(H,3,4). The van der Waals surface area contributed by atoms with Crippen molar-refractivity contribution in [2.45, 2.75) is 0 Å². The molecule has 0 aromatic carbocycles. The highest BCUT2D eigenvalue weighted by Crippen LogP contribution is 2.40. The van der Waals surface area contributed by atoms with Gasteiger partial charge in [-0.15, -0.1) is 0 Å². The van der Waals surface area contributed by atoms with E-state index < -0.39 is 16.3 Å². The minimum absolute atomic E-state index is 0.754. The molecule has 0 heterocycles. The van der Waals surface area contributed by atoms with Crippen molar-refractivity contribution in [2.75, 3.05) is 6.66 Å². The zero-order valence-corrected chi connectivity index (χ0v) is 5.36. The first kappa shape index (κ1) is 7.25. The average molecular weight is 142 g/mol. The van der Waals surface area contributed by atoms with Crippen LogP contribution >= 0.6 is 16.3 Å². The summed E-state index contributed by atoms with van der Waals surface area (Å²) in [6.07, 6.45) is 0. The second kappa shape index (κ2) is 2.53. The molecular weight excluding hydrogens is 138 g/mol. The molecule has 0 aliphatic carbocycles. The Morgan fingerprint density at radius 1 is 1.86 bits per heavy atom. The van der Waals surface area contributed by atoms with Crippen molar-refractivity contribution in [2.24, 2.45) is 0 Å². The van der Waals surface area contributed by atoms with Gasteiger partial charge in [0.15, 0.2) is 0 Å². The van der Waals surface area contributed by atoms with Crippen molar-refractivity contribution >= 4 is 16.3 Å². The summed E-state index contributed by atoms with van der Waals surface area (Å²) in [7, 11) is -4.24. The first-order valence-corrected chi connectivity index (χ1v) is 4.13. The van der Waals surface area contributed by atoms with E-state index in [2.05, 4.69) is 4.31 Å². The molecule has 42 valence electrons. The fourth-order valence-electron chi connectivity index (χ4n) is 0.0618. The molecule has 1 unspecified atom stereocenters. The summed E-state index contributed by atoms with van der Waals surface area (Å²) in [6, 6.07) is 0. The van der Waals surface area contributed by atoms with Crippen LogP contribution in [0.4, 0.5) is 0 Å². The zero-order valence-electron chi connectivity index (χ0n) is 3.57. The van der Waals surface area contributed by atoms with Crippen LogP contribution in [-0.4, -0.2) is 11.6 Å². The summed E-state index contributed by atoms with van der Waals surface area (Å²) in [4.78, 5) is 8.14. The summed E-state index contributed by atoms with van der Waals surface area (Å²) < 4.78 is 23.1. The lowest BCUT2D eigenvalue weighted by Crippen LogP contribution is -1.69. The fraction of sp³-hybridized carbons (Fsp3) is 1.00. The molecule has 0 aliphatic rings. The molecule has 0 fully saturated rings. The van der Waals surface area contributed by atoms with Crippen molar-refractivity contribution in [1.82, 2.24) is 0 Å². The summed E-state index contributed by atoms with van der Waals surface area (Å²) in [5.41, 5.74) is 0. The molecule has 0 radical (unpaired) electrons. The largest absolute Gasteiger partial charge is 0.335 e. The molecule has 4 nitrogen and oxygen atoms in total. The van der Waals surface area contributed by atoms with Crippen LogP contribution in [0.5, 0.6) is 0 Å². The first-order valence-electron chi connectivity index (χ1n) is 1.38. The summed E-state index contributed by atoms with van der Waals surface area (Å²) in [5, 5.41) is 0. The van der Waals surface area contributed by atoms with Crippen LogP contribution in [0.2, 0.25) is 0 Å². The van der Waals surface area contributed by atoms with E-state index >= 15 is 0 Å². The number of hydrogen-bond donors (Lipinski definition) is 1. The van der Waals surface area contributed by atoms with Crippen LogP contribution in [0, 0.1) is 0 Å². The molecule has 0 aliphatic heterocycles. The molecule has 0 amide bonds. The maximum Gasteiger partial charge on any atom is 0.335 e. The van der Waals surface area contributed by atoms with E-state index in [9.17, 15) is 9.13 Å². The lowest BCUT2D eigenvalue weighted by atomic mass is 12.0. The van der Waals surface area contributed by atoms with E-state index in [0.29, 0.717) is 0 Å². The monoisotopic (exact) mass is 142 g/mol. The van der Waals surface area contributed by atoms with Crippen LogP contribution in [0.3, 0.4) is 0 Å². The first-order chi connectivity index (χ1) is 3.06. The highest BCUT2D eigenvalue weighted by Gasteiger charge is 2.07. The lowest BCUT2D eigenvalue weighted by Gasteiger charge is -1.93. The van der Waals surface area contributed by atoms with Gasteiger partial charge in [0.1, 0.15) is 0 Å². The Bertz CT molecular complexity index is 102. The minimum atomic E-state index is -3.49. The van der Waals surface area contributed by atoms with Crippen LogP contribution < -0.4 is 0 Å². The zero-order chi connectivity index (χ0) is 5.91. The van der Waals surface area contributed by atoms with Crippen LogP contribution in [0.15, 0.2) is 0 Å². The fourth-order valence-corrected chi connectivity index (χ4v) is 0.557. The van der Waals surface area contributed by atoms with Gasteiger partial charge in [-0.05, 0) is 0 Å². The molecule has 7 heavy (non-hydrogen) atoms. The van der Waals surface area contributed by atoms with Crippen LogP contribution in [0.25, 0.3) is 0 Å². The maximum atomic E-state index is 9.94. The minimum Gasteiger partial charge on any atom is -0.324 e. The molecule has 0 spiro atoms. The Morgan fingerprint density at radius 2 is 2.29 bits per heavy atom. The topological polar surface area (TPSA) is 63.6 Å². The number of hydrogen-bond acceptors (Lipinski definition) is 3. The van der Waals surface area contributed by atoms with E-state index in [1.54, 1.807) is 0 Å². The molecule has 0 aromatic rings. The van der Waals surface area contributed by atoms with Gasteiger partial charge in [0.25, 0.3) is 0 Å². The van der Waals surface area contributed by atoms with E-state index in [1.807, 2.05) is 0 Å². The highest BCUT2D eigenvalue weighted by molar-refractivity contribution is 7.56. The molecule has 0 saturated carbocycles.